The second-order valence-electron chi connectivity index (χ2n) is 4.52. The number of aryl methyl sites for hydroxylation is 2. The number of nitriles is 2. The van der Waals surface area contributed by atoms with Crippen molar-refractivity contribution >= 4 is 5.69 Å². The molecule has 98 valence electrons. The minimum atomic E-state index is 0.409. The number of nitrogens with two attached hydrogens (primary N) is 1. The summed E-state index contributed by atoms with van der Waals surface area (Å²) in [7, 11) is 0. The smallest absolute Gasteiger partial charge is 0.150 e. The fourth-order valence-electron chi connectivity index (χ4n) is 2.00. The van der Waals surface area contributed by atoms with Gasteiger partial charge in [-0.3, -0.25) is 0 Å². The van der Waals surface area contributed by atoms with Crippen molar-refractivity contribution < 1.29 is 4.74 Å². The zero-order chi connectivity index (χ0) is 14.7. The fraction of sp³-hybridized carbons (Fsp3) is 0.125. The molecule has 0 saturated heterocycles. The SMILES string of the molecule is Cc1cc(C#N)cc(C)c1Oc1ccc(C#N)cc1N. The Morgan fingerprint density at radius 3 is 2.05 bits per heavy atom. The summed E-state index contributed by atoms with van der Waals surface area (Å²) in [5.41, 5.74) is 9.10. The second-order valence-corrected chi connectivity index (χ2v) is 4.52. The third kappa shape index (κ3) is 2.55. The molecule has 0 saturated carbocycles. The van der Waals surface area contributed by atoms with E-state index in [-0.39, 0.29) is 0 Å². The van der Waals surface area contributed by atoms with E-state index < -0.39 is 0 Å². The van der Waals surface area contributed by atoms with Crippen LogP contribution in [0.25, 0.3) is 0 Å². The zero-order valence-corrected chi connectivity index (χ0v) is 11.3. The van der Waals surface area contributed by atoms with Gasteiger partial charge in [0.25, 0.3) is 0 Å². The van der Waals surface area contributed by atoms with E-state index in [0.717, 1.165) is 11.1 Å². The molecule has 0 aromatic heterocycles. The molecule has 0 bridgehead atoms. The third-order valence-electron chi connectivity index (χ3n) is 2.94. The molecule has 20 heavy (non-hydrogen) atoms. The van der Waals surface area contributed by atoms with Gasteiger partial charge in [-0.05, 0) is 55.3 Å². The largest absolute Gasteiger partial charge is 0.455 e. The lowest BCUT2D eigenvalue weighted by Gasteiger charge is -2.13. The van der Waals surface area contributed by atoms with E-state index >= 15 is 0 Å². The Labute approximate surface area is 117 Å². The molecule has 0 aliphatic heterocycles. The number of ether oxygens (including phenoxy) is 1. The highest BCUT2D eigenvalue weighted by atomic mass is 16.5. The van der Waals surface area contributed by atoms with Crippen molar-refractivity contribution in [2.75, 3.05) is 5.73 Å². The zero-order valence-electron chi connectivity index (χ0n) is 11.3. The molecule has 2 N–H and O–H groups in total. The van der Waals surface area contributed by atoms with Crippen LogP contribution in [0, 0.1) is 36.5 Å². The van der Waals surface area contributed by atoms with Gasteiger partial charge in [0, 0.05) is 0 Å². The number of nitrogens with zero attached hydrogens (tertiary/aromatic N) is 2. The molecular formula is C16H13N3O. The molecule has 0 spiro atoms. The molecule has 0 aliphatic rings. The predicted octanol–water partition coefficient (Wildman–Crippen LogP) is 3.42. The Balaban J connectivity index is 2.41. The standard InChI is InChI=1S/C16H13N3O/c1-10-5-13(9-18)6-11(2)16(10)20-15-4-3-12(8-17)7-14(15)19/h3-7H,19H2,1-2H3. The number of anilines is 1. The number of nitrogen functional groups attached to an aromatic ring is 1. The lowest BCUT2D eigenvalue weighted by Crippen LogP contribution is -1.96. The van der Waals surface area contributed by atoms with Gasteiger partial charge in [-0.2, -0.15) is 10.5 Å². The van der Waals surface area contributed by atoms with Gasteiger partial charge in [0.2, 0.25) is 0 Å². The number of hydrogen-bond acceptors (Lipinski definition) is 4. The molecule has 2 aromatic rings. The van der Waals surface area contributed by atoms with E-state index in [4.69, 9.17) is 21.0 Å². The van der Waals surface area contributed by atoms with Crippen molar-refractivity contribution in [3.05, 3.63) is 52.6 Å². The maximum atomic E-state index is 8.93. The molecule has 0 radical (unpaired) electrons. The molecule has 0 fully saturated rings. The van der Waals surface area contributed by atoms with Gasteiger partial charge in [0.05, 0.1) is 29.0 Å². The van der Waals surface area contributed by atoms with Gasteiger partial charge in [0.1, 0.15) is 11.5 Å². The van der Waals surface area contributed by atoms with Gasteiger partial charge in [-0.25, -0.2) is 0 Å². The topological polar surface area (TPSA) is 82.8 Å². The van der Waals surface area contributed by atoms with Crippen molar-refractivity contribution in [1.82, 2.24) is 0 Å². The summed E-state index contributed by atoms with van der Waals surface area (Å²) in [6.45, 7) is 3.76. The summed E-state index contributed by atoms with van der Waals surface area (Å²) in [6.07, 6.45) is 0. The average Bonchev–Trinajstić information content (AvgIpc) is 2.43. The molecule has 0 heterocycles. The highest BCUT2D eigenvalue weighted by Gasteiger charge is 2.10. The van der Waals surface area contributed by atoms with Gasteiger partial charge >= 0.3 is 0 Å². The lowest BCUT2D eigenvalue weighted by atomic mass is 10.1. The maximum absolute atomic E-state index is 8.93. The van der Waals surface area contributed by atoms with Crippen molar-refractivity contribution in [2.45, 2.75) is 13.8 Å². The molecule has 2 aromatic carbocycles. The first-order valence-corrected chi connectivity index (χ1v) is 6.04. The van der Waals surface area contributed by atoms with E-state index in [1.807, 2.05) is 19.9 Å². The Morgan fingerprint density at radius 2 is 1.55 bits per heavy atom. The summed E-state index contributed by atoms with van der Waals surface area (Å²) in [5, 5.41) is 17.7. The third-order valence-corrected chi connectivity index (χ3v) is 2.94. The lowest BCUT2D eigenvalue weighted by molar-refractivity contribution is 0.477. The van der Waals surface area contributed by atoms with Crippen LogP contribution in [0.5, 0.6) is 11.5 Å². The molecule has 2 rings (SSSR count). The Kier molecular flexibility index (Phi) is 3.59. The maximum Gasteiger partial charge on any atom is 0.150 e. The summed E-state index contributed by atoms with van der Waals surface area (Å²) < 4.78 is 5.83. The Bertz CT molecular complexity index is 728. The number of hydrogen-bond donors (Lipinski definition) is 1. The normalized spacial score (nSPS) is 9.60. The summed E-state index contributed by atoms with van der Waals surface area (Å²) in [4.78, 5) is 0. The van der Waals surface area contributed by atoms with Crippen LogP contribution in [0.15, 0.2) is 30.3 Å². The van der Waals surface area contributed by atoms with Gasteiger partial charge < -0.3 is 10.5 Å². The fourth-order valence-corrected chi connectivity index (χ4v) is 2.00. The molecule has 0 unspecified atom stereocenters. The number of benzene rings is 2. The van der Waals surface area contributed by atoms with E-state index in [9.17, 15) is 0 Å². The van der Waals surface area contributed by atoms with Gasteiger partial charge in [-0.15, -0.1) is 0 Å². The van der Waals surface area contributed by atoms with E-state index in [0.29, 0.717) is 28.3 Å². The van der Waals surface area contributed by atoms with Crippen LogP contribution in [-0.2, 0) is 0 Å². The Morgan fingerprint density at radius 1 is 0.950 bits per heavy atom. The van der Waals surface area contributed by atoms with E-state index in [1.165, 1.54) is 0 Å². The van der Waals surface area contributed by atoms with Crippen LogP contribution in [0.4, 0.5) is 5.69 Å². The molecule has 4 heteroatoms. The van der Waals surface area contributed by atoms with Gasteiger partial charge in [-0.1, -0.05) is 0 Å². The van der Waals surface area contributed by atoms with Crippen LogP contribution in [0.2, 0.25) is 0 Å². The molecular weight excluding hydrogens is 250 g/mol. The molecule has 0 amide bonds. The predicted molar refractivity (Wildman–Crippen MR) is 76.3 cm³/mol. The first-order valence-electron chi connectivity index (χ1n) is 6.04. The van der Waals surface area contributed by atoms with Crippen molar-refractivity contribution in [3.63, 3.8) is 0 Å². The molecule has 0 aliphatic carbocycles. The molecule has 0 atom stereocenters. The van der Waals surface area contributed by atoms with E-state index in [1.54, 1.807) is 30.3 Å². The highest BCUT2D eigenvalue weighted by Crippen LogP contribution is 2.33. The van der Waals surface area contributed by atoms with Crippen LogP contribution < -0.4 is 10.5 Å². The van der Waals surface area contributed by atoms with Crippen molar-refractivity contribution in [2.24, 2.45) is 0 Å². The Hall–Kier alpha value is -2.98. The molecule has 4 nitrogen and oxygen atoms in total. The van der Waals surface area contributed by atoms with Crippen LogP contribution in [-0.4, -0.2) is 0 Å². The summed E-state index contributed by atoms with van der Waals surface area (Å²) in [6, 6.07) is 12.6. The second kappa shape index (κ2) is 5.34. The van der Waals surface area contributed by atoms with Crippen LogP contribution in [0.1, 0.15) is 22.3 Å². The van der Waals surface area contributed by atoms with Crippen molar-refractivity contribution in [1.29, 1.82) is 10.5 Å². The first kappa shape index (κ1) is 13.5. The monoisotopic (exact) mass is 263 g/mol. The van der Waals surface area contributed by atoms with Crippen LogP contribution >= 0.6 is 0 Å². The van der Waals surface area contributed by atoms with Gasteiger partial charge in [0.15, 0.2) is 0 Å². The van der Waals surface area contributed by atoms with Crippen LogP contribution in [0.3, 0.4) is 0 Å². The van der Waals surface area contributed by atoms with Crippen molar-refractivity contribution in [3.8, 4) is 23.6 Å². The minimum absolute atomic E-state index is 0.409. The van der Waals surface area contributed by atoms with E-state index in [2.05, 4.69) is 6.07 Å². The first-order chi connectivity index (χ1) is 9.55. The average molecular weight is 263 g/mol. The quantitative estimate of drug-likeness (QED) is 0.841. The summed E-state index contributed by atoms with van der Waals surface area (Å²) in [5.74, 6) is 1.18. The highest BCUT2D eigenvalue weighted by molar-refractivity contribution is 5.59. The summed E-state index contributed by atoms with van der Waals surface area (Å²) >= 11 is 0. The minimum Gasteiger partial charge on any atom is -0.455 e. The number of rotatable bonds is 2.